The topological polar surface area (TPSA) is 53.3 Å². The molecule has 0 aliphatic carbocycles. The zero-order valence-electron chi connectivity index (χ0n) is 14.6. The number of carbonyl (C=O) groups is 1. The van der Waals surface area contributed by atoms with Crippen LogP contribution in [0.2, 0.25) is 0 Å². The Morgan fingerprint density at radius 2 is 1.84 bits per heavy atom. The Hall–Kier alpha value is -2.87. The maximum atomic E-state index is 13.8. The second-order valence-corrected chi connectivity index (χ2v) is 6.07. The summed E-state index contributed by atoms with van der Waals surface area (Å²) in [6.45, 7) is 4.33. The van der Waals surface area contributed by atoms with E-state index in [0.717, 1.165) is 5.56 Å². The number of carbonyl (C=O) groups excluding carboxylic acids is 1. The molecular formula is C20H21FN2O2. The third kappa shape index (κ3) is 4.80. The smallest absolute Gasteiger partial charge is 0.227 e. The van der Waals surface area contributed by atoms with Gasteiger partial charge in [0, 0.05) is 12.6 Å². The minimum Gasteiger partial charge on any atom is -0.494 e. The van der Waals surface area contributed by atoms with Crippen LogP contribution in [0.5, 0.6) is 5.75 Å². The summed E-state index contributed by atoms with van der Waals surface area (Å²) >= 11 is 0. The molecule has 2 aromatic rings. The van der Waals surface area contributed by atoms with Gasteiger partial charge in [0.2, 0.25) is 5.91 Å². The molecule has 0 saturated carbocycles. The molecule has 1 amide bonds. The van der Waals surface area contributed by atoms with E-state index in [1.54, 1.807) is 23.1 Å². The second-order valence-electron chi connectivity index (χ2n) is 6.07. The van der Waals surface area contributed by atoms with Crippen molar-refractivity contribution in [2.24, 2.45) is 0 Å². The summed E-state index contributed by atoms with van der Waals surface area (Å²) < 4.78 is 18.7. The quantitative estimate of drug-likeness (QED) is 0.806. The molecule has 0 atom stereocenters. The van der Waals surface area contributed by atoms with Gasteiger partial charge in [0.15, 0.2) is 11.6 Å². The minimum absolute atomic E-state index is 0.00578. The minimum atomic E-state index is -0.476. The Kier molecular flexibility index (Phi) is 6.13. The summed E-state index contributed by atoms with van der Waals surface area (Å²) in [5.74, 6) is -0.394. The van der Waals surface area contributed by atoms with E-state index in [1.165, 1.54) is 19.2 Å². The highest BCUT2D eigenvalue weighted by Gasteiger charge is 2.18. The zero-order chi connectivity index (χ0) is 18.4. The largest absolute Gasteiger partial charge is 0.494 e. The number of methoxy groups -OCH3 is 1. The number of nitrogens with zero attached hydrogens (tertiary/aromatic N) is 2. The first-order valence-corrected chi connectivity index (χ1v) is 8.05. The lowest BCUT2D eigenvalue weighted by molar-refractivity contribution is -0.132. The lowest BCUT2D eigenvalue weighted by Crippen LogP contribution is -2.37. The Morgan fingerprint density at radius 1 is 1.20 bits per heavy atom. The first-order valence-electron chi connectivity index (χ1n) is 8.05. The van der Waals surface area contributed by atoms with Gasteiger partial charge >= 0.3 is 0 Å². The molecule has 0 unspecified atom stereocenters. The number of ether oxygens (including phenoxy) is 1. The highest BCUT2D eigenvalue weighted by atomic mass is 19.1. The number of hydrogen-bond acceptors (Lipinski definition) is 3. The fraction of sp³-hybridized carbons (Fsp3) is 0.300. The number of rotatable bonds is 6. The van der Waals surface area contributed by atoms with Gasteiger partial charge in [-0.1, -0.05) is 18.2 Å². The van der Waals surface area contributed by atoms with Gasteiger partial charge in [0.05, 0.1) is 25.2 Å². The lowest BCUT2D eigenvalue weighted by Gasteiger charge is -2.27. The van der Waals surface area contributed by atoms with Crippen LogP contribution in [-0.2, 0) is 17.8 Å². The van der Waals surface area contributed by atoms with Gasteiger partial charge in [-0.3, -0.25) is 4.79 Å². The molecule has 130 valence electrons. The van der Waals surface area contributed by atoms with E-state index in [4.69, 9.17) is 10.00 Å². The van der Waals surface area contributed by atoms with Crippen LogP contribution >= 0.6 is 0 Å². The van der Waals surface area contributed by atoms with E-state index >= 15 is 0 Å². The van der Waals surface area contributed by atoms with Crippen molar-refractivity contribution in [2.45, 2.75) is 32.9 Å². The summed E-state index contributed by atoms with van der Waals surface area (Å²) in [6.07, 6.45) is 0.120. The Balaban J connectivity index is 2.12. The molecule has 0 N–H and O–H groups in total. The van der Waals surface area contributed by atoms with Crippen LogP contribution in [0, 0.1) is 17.1 Å². The normalized spacial score (nSPS) is 10.4. The maximum Gasteiger partial charge on any atom is 0.227 e. The predicted octanol–water partition coefficient (Wildman–Crippen LogP) is 3.69. The molecule has 2 aromatic carbocycles. The van der Waals surface area contributed by atoms with Gasteiger partial charge in [-0.15, -0.1) is 0 Å². The number of amides is 1. The fourth-order valence-corrected chi connectivity index (χ4v) is 2.54. The maximum absolute atomic E-state index is 13.8. The molecular weight excluding hydrogens is 319 g/mol. The van der Waals surface area contributed by atoms with Crippen LogP contribution in [0.25, 0.3) is 0 Å². The average Bonchev–Trinajstić information content (AvgIpc) is 2.60. The molecule has 0 saturated heterocycles. The van der Waals surface area contributed by atoms with Gasteiger partial charge in [0.25, 0.3) is 0 Å². The molecule has 0 aliphatic rings. The van der Waals surface area contributed by atoms with E-state index in [2.05, 4.69) is 6.07 Å². The summed E-state index contributed by atoms with van der Waals surface area (Å²) in [5, 5.41) is 8.86. The van der Waals surface area contributed by atoms with Crippen LogP contribution in [0.4, 0.5) is 4.39 Å². The molecule has 4 nitrogen and oxygen atoms in total. The molecule has 0 heterocycles. The first kappa shape index (κ1) is 18.5. The van der Waals surface area contributed by atoms with Crippen molar-refractivity contribution in [3.8, 4) is 11.8 Å². The summed E-state index contributed by atoms with van der Waals surface area (Å²) in [6, 6.07) is 13.8. The van der Waals surface area contributed by atoms with Crippen LogP contribution in [0.1, 0.15) is 30.5 Å². The standard InChI is InChI=1S/C20H21FN2O2/c1-14(2)23(13-16-6-4-15(12-22)5-7-16)20(24)11-17-8-9-19(25-3)18(21)10-17/h4-10,14H,11,13H2,1-3H3. The monoisotopic (exact) mass is 340 g/mol. The summed E-state index contributed by atoms with van der Waals surface area (Å²) in [4.78, 5) is 14.4. The van der Waals surface area contributed by atoms with E-state index < -0.39 is 5.82 Å². The molecule has 0 aliphatic heterocycles. The molecule has 0 fully saturated rings. The van der Waals surface area contributed by atoms with Crippen molar-refractivity contribution in [2.75, 3.05) is 7.11 Å². The average molecular weight is 340 g/mol. The molecule has 5 heteroatoms. The zero-order valence-corrected chi connectivity index (χ0v) is 14.6. The van der Waals surface area contributed by atoms with E-state index in [1.807, 2.05) is 26.0 Å². The molecule has 0 spiro atoms. The van der Waals surface area contributed by atoms with Gasteiger partial charge in [-0.2, -0.15) is 5.26 Å². The Morgan fingerprint density at radius 3 is 2.36 bits per heavy atom. The number of benzene rings is 2. The van der Waals surface area contributed by atoms with Gasteiger partial charge < -0.3 is 9.64 Å². The Bertz CT molecular complexity index is 779. The van der Waals surface area contributed by atoms with Crippen molar-refractivity contribution in [3.05, 3.63) is 65.0 Å². The van der Waals surface area contributed by atoms with E-state index in [0.29, 0.717) is 17.7 Å². The lowest BCUT2D eigenvalue weighted by atomic mass is 10.1. The van der Waals surface area contributed by atoms with Crippen LogP contribution in [-0.4, -0.2) is 24.0 Å². The SMILES string of the molecule is COc1ccc(CC(=O)N(Cc2ccc(C#N)cc2)C(C)C)cc1F. The van der Waals surface area contributed by atoms with Crippen LogP contribution in [0.15, 0.2) is 42.5 Å². The van der Waals surface area contributed by atoms with E-state index in [9.17, 15) is 9.18 Å². The number of halogens is 1. The molecule has 0 bridgehead atoms. The first-order chi connectivity index (χ1) is 11.9. The number of nitriles is 1. The van der Waals surface area contributed by atoms with E-state index in [-0.39, 0.29) is 24.1 Å². The number of hydrogen-bond donors (Lipinski definition) is 0. The third-order valence-electron chi connectivity index (χ3n) is 3.95. The van der Waals surface area contributed by atoms with Gasteiger partial charge in [-0.25, -0.2) is 4.39 Å². The highest BCUT2D eigenvalue weighted by molar-refractivity contribution is 5.79. The van der Waals surface area contributed by atoms with Crippen LogP contribution < -0.4 is 4.74 Å². The van der Waals surface area contributed by atoms with Gasteiger partial charge in [0.1, 0.15) is 0 Å². The van der Waals surface area contributed by atoms with Crippen molar-refractivity contribution in [3.63, 3.8) is 0 Å². The summed E-state index contributed by atoms with van der Waals surface area (Å²) in [5.41, 5.74) is 2.13. The third-order valence-corrected chi connectivity index (χ3v) is 3.95. The van der Waals surface area contributed by atoms with Gasteiger partial charge in [-0.05, 0) is 49.2 Å². The van der Waals surface area contributed by atoms with Crippen molar-refractivity contribution < 1.29 is 13.9 Å². The second kappa shape index (κ2) is 8.29. The Labute approximate surface area is 147 Å². The highest BCUT2D eigenvalue weighted by Crippen LogP contribution is 2.19. The predicted molar refractivity (Wildman–Crippen MR) is 93.5 cm³/mol. The molecule has 25 heavy (non-hydrogen) atoms. The molecule has 0 radical (unpaired) electrons. The molecule has 0 aromatic heterocycles. The van der Waals surface area contributed by atoms with Crippen LogP contribution in [0.3, 0.4) is 0 Å². The van der Waals surface area contributed by atoms with Crippen molar-refractivity contribution in [1.82, 2.24) is 4.90 Å². The van der Waals surface area contributed by atoms with Crippen molar-refractivity contribution >= 4 is 5.91 Å². The molecule has 2 rings (SSSR count). The fourth-order valence-electron chi connectivity index (χ4n) is 2.54. The van der Waals surface area contributed by atoms with Crippen molar-refractivity contribution in [1.29, 1.82) is 5.26 Å². The summed E-state index contributed by atoms with van der Waals surface area (Å²) in [7, 11) is 1.40.